The number of rotatable bonds is 3. The molecule has 2 fully saturated rings. The van der Waals surface area contributed by atoms with Crippen LogP contribution in [0, 0.1) is 12.3 Å². The topological polar surface area (TPSA) is 63.1 Å². The Morgan fingerprint density at radius 2 is 2.07 bits per heavy atom. The third-order valence-electron chi connectivity index (χ3n) is 5.29. The number of nitrogens with zero attached hydrogens (tertiary/aromatic N) is 4. The molecule has 1 amide bonds. The zero-order chi connectivity index (χ0) is 19.9. The molecule has 0 bridgehead atoms. The molecule has 1 aromatic carbocycles. The molecule has 1 aromatic heterocycles. The summed E-state index contributed by atoms with van der Waals surface area (Å²) in [6, 6.07) is 3.71. The molecular formula is C19H20F3N5O. The number of carbonyl (C=O) groups is 1. The lowest BCUT2D eigenvalue weighted by Gasteiger charge is -2.38. The van der Waals surface area contributed by atoms with Crippen LogP contribution < -0.4 is 5.32 Å². The van der Waals surface area contributed by atoms with E-state index in [2.05, 4.69) is 15.4 Å². The van der Waals surface area contributed by atoms with E-state index in [1.54, 1.807) is 13.0 Å². The van der Waals surface area contributed by atoms with Gasteiger partial charge in [-0.15, -0.1) is 5.10 Å². The Kier molecular flexibility index (Phi) is 4.49. The Morgan fingerprint density at radius 1 is 1.29 bits per heavy atom. The van der Waals surface area contributed by atoms with Crippen LogP contribution in [-0.2, 0) is 11.0 Å². The quantitative estimate of drug-likeness (QED) is 0.817. The number of halogens is 3. The lowest BCUT2D eigenvalue weighted by Crippen LogP contribution is -2.54. The van der Waals surface area contributed by atoms with E-state index in [9.17, 15) is 18.0 Å². The normalized spacial score (nSPS) is 18.8. The van der Waals surface area contributed by atoms with Gasteiger partial charge >= 0.3 is 6.18 Å². The molecule has 2 aliphatic heterocycles. The van der Waals surface area contributed by atoms with Crippen molar-refractivity contribution in [1.29, 1.82) is 0 Å². The standard InChI is InChI=1S/C19H20F3N5O/c1-13-6-14(8-15(7-13)19(20,21)22)17-24-12-27(25-17)4-2-16(28)26-5-3-18(11-26)9-23-10-18/h2,4,6-8,12,23H,3,5,9-11H2,1H3/b4-2-. The number of hydrogen-bond acceptors (Lipinski definition) is 4. The second-order valence-corrected chi connectivity index (χ2v) is 7.56. The summed E-state index contributed by atoms with van der Waals surface area (Å²) in [6.45, 7) is 4.97. The van der Waals surface area contributed by atoms with Crippen LogP contribution in [-0.4, -0.2) is 51.8 Å². The van der Waals surface area contributed by atoms with Gasteiger partial charge in [0, 0.05) is 49.4 Å². The van der Waals surface area contributed by atoms with Crippen LogP contribution in [0.1, 0.15) is 17.5 Å². The van der Waals surface area contributed by atoms with E-state index in [-0.39, 0.29) is 22.7 Å². The highest BCUT2D eigenvalue weighted by molar-refractivity contribution is 5.90. The highest BCUT2D eigenvalue weighted by atomic mass is 19.4. The van der Waals surface area contributed by atoms with Gasteiger partial charge in [-0.05, 0) is 37.1 Å². The van der Waals surface area contributed by atoms with Gasteiger partial charge in [0.25, 0.3) is 0 Å². The molecule has 1 N–H and O–H groups in total. The van der Waals surface area contributed by atoms with Gasteiger partial charge in [-0.25, -0.2) is 9.67 Å². The largest absolute Gasteiger partial charge is 0.416 e. The zero-order valence-corrected chi connectivity index (χ0v) is 15.3. The second kappa shape index (κ2) is 6.73. The molecule has 4 rings (SSSR count). The third-order valence-corrected chi connectivity index (χ3v) is 5.29. The number of likely N-dealkylation sites (tertiary alicyclic amines) is 1. The molecule has 148 valence electrons. The van der Waals surface area contributed by atoms with Gasteiger partial charge in [-0.2, -0.15) is 13.2 Å². The minimum atomic E-state index is -4.43. The number of benzene rings is 1. The fourth-order valence-electron chi connectivity index (χ4n) is 3.69. The first-order valence-corrected chi connectivity index (χ1v) is 9.02. The minimum absolute atomic E-state index is 0.101. The molecule has 2 aromatic rings. The number of nitrogens with one attached hydrogen (secondary N) is 1. The van der Waals surface area contributed by atoms with E-state index >= 15 is 0 Å². The average Bonchev–Trinajstić information content (AvgIpc) is 3.25. The molecule has 2 aliphatic rings. The van der Waals surface area contributed by atoms with Gasteiger partial charge in [0.2, 0.25) is 5.91 Å². The molecule has 0 unspecified atom stereocenters. The summed E-state index contributed by atoms with van der Waals surface area (Å²) < 4.78 is 40.4. The fourth-order valence-corrected chi connectivity index (χ4v) is 3.69. The SMILES string of the molecule is Cc1cc(-c2ncn(/C=C\C(=O)N3CCC4(CNC4)C3)n2)cc(C(F)(F)F)c1. The Bertz CT molecular complexity index is 930. The van der Waals surface area contributed by atoms with Crippen LogP contribution in [0.5, 0.6) is 0 Å². The summed E-state index contributed by atoms with van der Waals surface area (Å²) >= 11 is 0. The Hall–Kier alpha value is -2.68. The van der Waals surface area contributed by atoms with Gasteiger partial charge in [-0.3, -0.25) is 4.79 Å². The van der Waals surface area contributed by atoms with Crippen LogP contribution >= 0.6 is 0 Å². The highest BCUT2D eigenvalue weighted by Gasteiger charge is 2.43. The lowest BCUT2D eigenvalue weighted by molar-refractivity contribution is -0.137. The van der Waals surface area contributed by atoms with Crippen LogP contribution in [0.3, 0.4) is 0 Å². The molecule has 2 saturated heterocycles. The third kappa shape index (κ3) is 3.66. The molecule has 1 spiro atoms. The van der Waals surface area contributed by atoms with E-state index in [0.717, 1.165) is 44.7 Å². The fraction of sp³-hybridized carbons (Fsp3) is 0.421. The van der Waals surface area contributed by atoms with Gasteiger partial charge < -0.3 is 10.2 Å². The van der Waals surface area contributed by atoms with E-state index in [0.29, 0.717) is 5.56 Å². The van der Waals surface area contributed by atoms with Crippen molar-refractivity contribution in [2.24, 2.45) is 5.41 Å². The molecule has 0 atom stereocenters. The number of hydrogen-bond donors (Lipinski definition) is 1. The first-order chi connectivity index (χ1) is 13.2. The zero-order valence-electron chi connectivity index (χ0n) is 15.3. The van der Waals surface area contributed by atoms with Crippen molar-refractivity contribution in [2.45, 2.75) is 19.5 Å². The summed E-state index contributed by atoms with van der Waals surface area (Å²) in [5, 5.41) is 7.42. The Morgan fingerprint density at radius 3 is 2.71 bits per heavy atom. The first kappa shape index (κ1) is 18.7. The Balaban J connectivity index is 1.47. The van der Waals surface area contributed by atoms with Crippen LogP contribution in [0.15, 0.2) is 30.6 Å². The van der Waals surface area contributed by atoms with Crippen LogP contribution in [0.2, 0.25) is 0 Å². The molecule has 9 heteroatoms. The molecule has 0 radical (unpaired) electrons. The molecule has 6 nitrogen and oxygen atoms in total. The van der Waals surface area contributed by atoms with Crippen molar-refractivity contribution in [2.75, 3.05) is 26.2 Å². The first-order valence-electron chi connectivity index (χ1n) is 9.02. The molecule has 0 aliphatic carbocycles. The van der Waals surface area contributed by atoms with Crippen molar-refractivity contribution in [3.8, 4) is 11.4 Å². The van der Waals surface area contributed by atoms with Gasteiger partial charge in [0.1, 0.15) is 6.33 Å². The van der Waals surface area contributed by atoms with Crippen molar-refractivity contribution in [1.82, 2.24) is 25.0 Å². The number of carbonyl (C=O) groups excluding carboxylic acids is 1. The van der Waals surface area contributed by atoms with Crippen molar-refractivity contribution >= 4 is 12.1 Å². The summed E-state index contributed by atoms with van der Waals surface area (Å²) in [6.07, 6.45) is 0.834. The van der Waals surface area contributed by atoms with Crippen LogP contribution in [0.4, 0.5) is 13.2 Å². The average molecular weight is 391 g/mol. The Labute approximate surface area is 160 Å². The van der Waals surface area contributed by atoms with Gasteiger partial charge in [0.15, 0.2) is 5.82 Å². The highest BCUT2D eigenvalue weighted by Crippen LogP contribution is 2.34. The smallest absolute Gasteiger partial charge is 0.338 e. The molecule has 0 saturated carbocycles. The van der Waals surface area contributed by atoms with Crippen molar-refractivity contribution in [3.05, 3.63) is 41.7 Å². The summed E-state index contributed by atoms with van der Waals surface area (Å²) in [4.78, 5) is 18.2. The molecular weight excluding hydrogens is 371 g/mol. The van der Waals surface area contributed by atoms with Crippen molar-refractivity contribution in [3.63, 3.8) is 0 Å². The van der Waals surface area contributed by atoms with Gasteiger partial charge in [-0.1, -0.05) is 0 Å². The van der Waals surface area contributed by atoms with Gasteiger partial charge in [0.05, 0.1) is 5.56 Å². The summed E-state index contributed by atoms with van der Waals surface area (Å²) in [7, 11) is 0. The van der Waals surface area contributed by atoms with Crippen LogP contribution in [0.25, 0.3) is 17.6 Å². The molecule has 28 heavy (non-hydrogen) atoms. The maximum Gasteiger partial charge on any atom is 0.416 e. The molecule has 3 heterocycles. The predicted molar refractivity (Wildman–Crippen MR) is 97.0 cm³/mol. The minimum Gasteiger partial charge on any atom is -0.338 e. The van der Waals surface area contributed by atoms with E-state index in [4.69, 9.17) is 0 Å². The van der Waals surface area contributed by atoms with Crippen molar-refractivity contribution < 1.29 is 18.0 Å². The van der Waals surface area contributed by atoms with E-state index < -0.39 is 11.7 Å². The van der Waals surface area contributed by atoms with E-state index in [1.165, 1.54) is 23.3 Å². The monoisotopic (exact) mass is 391 g/mol. The summed E-state index contributed by atoms with van der Waals surface area (Å²) in [5.74, 6) is 0.0719. The maximum atomic E-state index is 13.0. The predicted octanol–water partition coefficient (Wildman–Crippen LogP) is 2.56. The number of aryl methyl sites for hydroxylation is 1. The number of amides is 1. The summed E-state index contributed by atoms with van der Waals surface area (Å²) in [5.41, 5.74) is 0.244. The second-order valence-electron chi connectivity index (χ2n) is 7.56. The lowest BCUT2D eigenvalue weighted by atomic mass is 9.81. The number of alkyl halides is 3. The van der Waals surface area contributed by atoms with E-state index in [1.807, 2.05) is 4.90 Å². The number of aromatic nitrogens is 3. The maximum absolute atomic E-state index is 13.0.